The molecule has 1 aromatic heterocycles. The highest BCUT2D eigenvalue weighted by Crippen LogP contribution is 2.41. The van der Waals surface area contributed by atoms with Gasteiger partial charge < -0.3 is 15.0 Å². The quantitative estimate of drug-likeness (QED) is 0.197. The molecule has 2 heterocycles. The average Bonchev–Trinajstić information content (AvgIpc) is 2.85. The second-order valence-corrected chi connectivity index (χ2v) is 10.3. The third-order valence-electron chi connectivity index (χ3n) is 5.62. The Morgan fingerprint density at radius 2 is 1.89 bits per heavy atom. The third kappa shape index (κ3) is 5.75. The molecule has 1 aliphatic heterocycles. The molecule has 6 nitrogen and oxygen atoms in total. The number of pyridine rings is 1. The fourth-order valence-corrected chi connectivity index (χ4v) is 5.02. The van der Waals surface area contributed by atoms with Crippen molar-refractivity contribution in [2.75, 3.05) is 23.1 Å². The largest absolute Gasteiger partial charge is 0.465 e. The van der Waals surface area contributed by atoms with Crippen molar-refractivity contribution < 1.29 is 23.1 Å². The highest BCUT2D eigenvalue weighted by atomic mass is 127. The number of rotatable bonds is 7. The van der Waals surface area contributed by atoms with Gasteiger partial charge in [0.1, 0.15) is 5.69 Å². The van der Waals surface area contributed by atoms with Crippen LogP contribution in [0.3, 0.4) is 0 Å². The Morgan fingerprint density at radius 1 is 1.20 bits per heavy atom. The van der Waals surface area contributed by atoms with Crippen LogP contribution in [-0.2, 0) is 20.0 Å². The summed E-state index contributed by atoms with van der Waals surface area (Å²) in [4.78, 5) is 31.7. The monoisotopic (exact) mass is 609 g/mol. The molecule has 2 aromatic carbocycles. The Kier molecular flexibility index (Phi) is 7.60. The minimum absolute atomic E-state index is 0.0844. The number of halogens is 3. The molecule has 10 heteroatoms. The zero-order valence-electron chi connectivity index (χ0n) is 18.9. The lowest BCUT2D eigenvalue weighted by Gasteiger charge is -2.31. The smallest absolute Gasteiger partial charge is 0.337 e. The first kappa shape index (κ1) is 25.4. The Hall–Kier alpha value is -2.73. The number of ether oxygens (including phenoxy) is 1. The number of fused-ring (bicyclic) bond motifs is 1. The molecule has 1 amide bonds. The number of nitrogens with one attached hydrogen (secondary N) is 1. The maximum atomic E-state index is 13.6. The number of hydrogen-bond acceptors (Lipinski definition) is 6. The molecule has 1 atom stereocenters. The fourth-order valence-electron chi connectivity index (χ4n) is 3.72. The molecule has 1 N–H and O–H groups in total. The van der Waals surface area contributed by atoms with Gasteiger partial charge in [0.15, 0.2) is 5.82 Å². The lowest BCUT2D eigenvalue weighted by molar-refractivity contribution is -0.116. The van der Waals surface area contributed by atoms with Gasteiger partial charge in [0.25, 0.3) is 0 Å². The van der Waals surface area contributed by atoms with Crippen molar-refractivity contribution in [1.29, 1.82) is 0 Å². The van der Waals surface area contributed by atoms with Crippen LogP contribution in [0.4, 0.5) is 20.3 Å². The fraction of sp³-hybridized carbons (Fsp3) is 0.240. The van der Waals surface area contributed by atoms with Gasteiger partial charge in [0.2, 0.25) is 5.91 Å². The number of alkyl halides is 3. The van der Waals surface area contributed by atoms with Crippen LogP contribution < -0.4 is 10.2 Å². The van der Waals surface area contributed by atoms with Crippen LogP contribution in [0.1, 0.15) is 40.0 Å². The average molecular weight is 609 g/mol. The molecule has 0 radical (unpaired) electrons. The number of esters is 1. The molecule has 0 fully saturated rings. The minimum Gasteiger partial charge on any atom is -0.465 e. The zero-order chi connectivity index (χ0) is 25.2. The second kappa shape index (κ2) is 10.5. The maximum absolute atomic E-state index is 13.6. The van der Waals surface area contributed by atoms with E-state index in [1.807, 2.05) is 25.1 Å². The number of benzene rings is 2. The summed E-state index contributed by atoms with van der Waals surface area (Å²) in [5.74, 6) is 0.336. The van der Waals surface area contributed by atoms with Gasteiger partial charge in [-0.25, -0.2) is 9.78 Å². The molecule has 1 aliphatic rings. The summed E-state index contributed by atoms with van der Waals surface area (Å²) in [5, 5.41) is 3.38. The standard InChI is InChI=1S/C25H22F2IN3O3S/c1-15(17-5-7-18(8-6-17)24(33)34-2)30-23-22-20(11-12-29-23)35-14-21(32)31(22)13-16-3-9-19(10-4-16)25(26,27)28/h3-12,15H,13-14H2,1-2H3,(H,29,30)/t15-/m0/s1. The summed E-state index contributed by atoms with van der Waals surface area (Å²) in [6.07, 6.45) is 1.69. The first-order valence-electron chi connectivity index (χ1n) is 10.7. The predicted octanol–water partition coefficient (Wildman–Crippen LogP) is 6.16. The number of amides is 1. The maximum Gasteiger partial charge on any atom is 0.337 e. The summed E-state index contributed by atoms with van der Waals surface area (Å²) in [6.45, 7) is 2.20. The number of hydrogen-bond donors (Lipinski definition) is 1. The van der Waals surface area contributed by atoms with Gasteiger partial charge in [-0.1, -0.05) is 36.4 Å². The van der Waals surface area contributed by atoms with E-state index in [1.54, 1.807) is 35.4 Å². The highest BCUT2D eigenvalue weighted by molar-refractivity contribution is 14.1. The number of anilines is 2. The molecule has 182 valence electrons. The number of nitrogens with zero attached hydrogens (tertiary/aromatic N) is 2. The van der Waals surface area contributed by atoms with E-state index in [-0.39, 0.29) is 29.8 Å². The molecule has 0 saturated carbocycles. The lowest BCUT2D eigenvalue weighted by Crippen LogP contribution is -2.35. The van der Waals surface area contributed by atoms with Crippen molar-refractivity contribution in [1.82, 2.24) is 4.98 Å². The summed E-state index contributed by atoms with van der Waals surface area (Å²) in [7, 11) is 1.34. The van der Waals surface area contributed by atoms with E-state index in [2.05, 4.69) is 10.3 Å². The van der Waals surface area contributed by atoms with Crippen LogP contribution in [0.5, 0.6) is 0 Å². The van der Waals surface area contributed by atoms with Crippen LogP contribution in [0, 0.1) is 0 Å². The van der Waals surface area contributed by atoms with E-state index >= 15 is 0 Å². The van der Waals surface area contributed by atoms with E-state index in [9.17, 15) is 18.4 Å². The molecule has 0 saturated heterocycles. The summed E-state index contributed by atoms with van der Waals surface area (Å²) >= 11 is 2.54. The van der Waals surface area contributed by atoms with Crippen LogP contribution in [0.2, 0.25) is 0 Å². The van der Waals surface area contributed by atoms with E-state index < -0.39 is 9.90 Å². The van der Waals surface area contributed by atoms with Gasteiger partial charge in [-0.15, -0.1) is 11.8 Å². The number of thioether (sulfide) groups is 1. The summed E-state index contributed by atoms with van der Waals surface area (Å²) in [5.41, 5.74) is 2.70. The Bertz CT molecular complexity index is 1230. The number of carbonyl (C=O) groups is 2. The number of aromatic nitrogens is 1. The Balaban J connectivity index is 1.59. The molecule has 0 spiro atoms. The number of carbonyl (C=O) groups excluding carboxylic acids is 2. The first-order chi connectivity index (χ1) is 16.7. The third-order valence-corrected chi connectivity index (χ3v) is 7.27. The van der Waals surface area contributed by atoms with Crippen LogP contribution in [0.25, 0.3) is 0 Å². The summed E-state index contributed by atoms with van der Waals surface area (Å²) in [6, 6.07) is 14.8. The van der Waals surface area contributed by atoms with Crippen LogP contribution >= 0.6 is 34.4 Å². The molecule has 0 bridgehead atoms. The van der Waals surface area contributed by atoms with Crippen molar-refractivity contribution in [3.8, 4) is 0 Å². The van der Waals surface area contributed by atoms with Crippen molar-refractivity contribution in [2.24, 2.45) is 0 Å². The first-order valence-corrected chi connectivity index (χ1v) is 12.8. The van der Waals surface area contributed by atoms with Crippen molar-refractivity contribution in [2.45, 2.75) is 28.3 Å². The van der Waals surface area contributed by atoms with Crippen molar-refractivity contribution >= 4 is 57.7 Å². The lowest BCUT2D eigenvalue weighted by atomic mass is 10.1. The van der Waals surface area contributed by atoms with Gasteiger partial charge >= 0.3 is 9.90 Å². The van der Waals surface area contributed by atoms with Gasteiger partial charge in [-0.3, -0.25) is 4.79 Å². The molecular weight excluding hydrogens is 587 g/mol. The van der Waals surface area contributed by atoms with E-state index in [0.29, 0.717) is 17.1 Å². The molecule has 0 aliphatic carbocycles. The molecule has 35 heavy (non-hydrogen) atoms. The van der Waals surface area contributed by atoms with Gasteiger partial charge in [0.05, 0.1) is 31.0 Å². The molecular formula is C25H22F2IN3O3S. The van der Waals surface area contributed by atoms with Crippen LogP contribution in [0.15, 0.2) is 65.7 Å². The Morgan fingerprint density at radius 3 is 2.51 bits per heavy atom. The topological polar surface area (TPSA) is 71.5 Å². The molecule has 3 aromatic rings. The minimum atomic E-state index is -2.95. The van der Waals surface area contributed by atoms with Gasteiger partial charge in [0, 0.05) is 39.2 Å². The second-order valence-electron chi connectivity index (χ2n) is 7.95. The summed E-state index contributed by atoms with van der Waals surface area (Å²) < 4.78 is 29.0. The molecule has 0 unspecified atom stereocenters. The van der Waals surface area contributed by atoms with Crippen molar-refractivity contribution in [3.63, 3.8) is 0 Å². The van der Waals surface area contributed by atoms with E-state index in [1.165, 1.54) is 31.0 Å². The normalized spacial score (nSPS) is 14.3. The van der Waals surface area contributed by atoms with Gasteiger partial charge in [-0.2, -0.15) is 8.78 Å². The van der Waals surface area contributed by atoms with E-state index in [0.717, 1.165) is 38.6 Å². The van der Waals surface area contributed by atoms with Gasteiger partial charge in [-0.05, 0) is 36.2 Å². The van der Waals surface area contributed by atoms with Crippen molar-refractivity contribution in [3.05, 3.63) is 83.0 Å². The zero-order valence-corrected chi connectivity index (χ0v) is 21.9. The predicted molar refractivity (Wildman–Crippen MR) is 140 cm³/mol. The Labute approximate surface area is 219 Å². The van der Waals surface area contributed by atoms with E-state index in [4.69, 9.17) is 4.74 Å². The number of methoxy groups -OCH3 is 1. The highest BCUT2D eigenvalue weighted by Gasteiger charge is 2.30. The SMILES string of the molecule is COC(=O)c1ccc([C@H](C)Nc2nccc3c2N(Cc2ccc(C(F)(F)I)cc2)C(=O)CS3)cc1. The molecule has 4 rings (SSSR count). The van der Waals surface area contributed by atoms with Crippen LogP contribution in [-0.4, -0.2) is 29.7 Å².